The molecule has 2 saturated carbocycles. The Kier molecular flexibility index (Phi) is 6.26. The molecule has 0 aromatic heterocycles. The zero-order chi connectivity index (χ0) is 24.8. The van der Waals surface area contributed by atoms with Gasteiger partial charge in [-0.05, 0) is 90.7 Å². The number of ketones is 2. The van der Waals surface area contributed by atoms with Crippen molar-refractivity contribution in [2.24, 2.45) is 22.7 Å². The van der Waals surface area contributed by atoms with Crippen LogP contribution in [-0.2, 0) is 9.59 Å². The van der Waals surface area contributed by atoms with E-state index in [1.165, 1.54) is 22.3 Å². The number of aliphatic hydroxyl groups is 1. The second kappa shape index (κ2) is 9.10. The van der Waals surface area contributed by atoms with Crippen molar-refractivity contribution in [3.05, 3.63) is 52.6 Å². The average Bonchev–Trinajstić information content (AvgIpc) is 3.18. The first-order valence-electron chi connectivity index (χ1n) is 13.3. The van der Waals surface area contributed by atoms with Crippen molar-refractivity contribution in [2.45, 2.75) is 71.1 Å². The third-order valence-electron chi connectivity index (χ3n) is 9.71. The van der Waals surface area contributed by atoms with Crippen LogP contribution in [-0.4, -0.2) is 30.3 Å². The monoisotopic (exact) mass is 471 g/mol. The quantitative estimate of drug-likeness (QED) is 0.562. The molecule has 35 heavy (non-hydrogen) atoms. The van der Waals surface area contributed by atoms with Gasteiger partial charge >= 0.3 is 0 Å². The minimum absolute atomic E-state index is 0.206. The average molecular weight is 472 g/mol. The van der Waals surface area contributed by atoms with Crippen LogP contribution in [0.4, 0.5) is 5.69 Å². The van der Waals surface area contributed by atoms with Gasteiger partial charge in [0.2, 0.25) is 0 Å². The Bertz CT molecular complexity index is 1160. The summed E-state index contributed by atoms with van der Waals surface area (Å²) in [6.45, 7) is 4.05. The summed E-state index contributed by atoms with van der Waals surface area (Å²) in [7, 11) is 1.93. The van der Waals surface area contributed by atoms with E-state index in [1.54, 1.807) is 0 Å². The minimum Gasteiger partial charge on any atom is -0.388 e. The second-order valence-electron chi connectivity index (χ2n) is 11.0. The van der Waals surface area contributed by atoms with E-state index in [2.05, 4.69) is 48.3 Å². The van der Waals surface area contributed by atoms with Crippen molar-refractivity contribution in [3.8, 4) is 11.8 Å². The van der Waals surface area contributed by atoms with Gasteiger partial charge in [0, 0.05) is 31.5 Å². The molecule has 4 nitrogen and oxygen atoms in total. The number of hydrogen-bond donors (Lipinski definition) is 2. The Morgan fingerprint density at radius 3 is 2.63 bits per heavy atom. The highest BCUT2D eigenvalue weighted by atomic mass is 16.2. The van der Waals surface area contributed by atoms with Gasteiger partial charge in [-0.15, -0.1) is 0 Å². The van der Waals surface area contributed by atoms with Crippen LogP contribution in [0.3, 0.4) is 0 Å². The predicted molar refractivity (Wildman–Crippen MR) is 139 cm³/mol. The van der Waals surface area contributed by atoms with E-state index in [-0.39, 0.29) is 29.5 Å². The zero-order valence-corrected chi connectivity index (χ0v) is 21.2. The molecule has 0 radical (unpaired) electrons. The third-order valence-corrected chi connectivity index (χ3v) is 9.71. The molecule has 1 aromatic rings. The lowest BCUT2D eigenvalue weighted by Gasteiger charge is -2.54. The van der Waals surface area contributed by atoms with Gasteiger partial charge in [-0.2, -0.15) is 0 Å². The van der Waals surface area contributed by atoms with Crippen LogP contribution in [0, 0.1) is 34.5 Å². The minimum atomic E-state index is -0.701. The van der Waals surface area contributed by atoms with E-state index in [4.69, 9.17) is 0 Å². The van der Waals surface area contributed by atoms with Crippen LogP contribution in [0.5, 0.6) is 0 Å². The molecule has 4 aliphatic carbocycles. The summed E-state index contributed by atoms with van der Waals surface area (Å²) >= 11 is 0. The summed E-state index contributed by atoms with van der Waals surface area (Å²) in [6.07, 6.45) is 8.45. The van der Waals surface area contributed by atoms with Gasteiger partial charge in [0.25, 0.3) is 0 Å². The fraction of sp³-hybridized carbons (Fsp3) is 0.548. The van der Waals surface area contributed by atoms with Crippen LogP contribution >= 0.6 is 0 Å². The summed E-state index contributed by atoms with van der Waals surface area (Å²) in [5.74, 6) is 7.75. The fourth-order valence-electron chi connectivity index (χ4n) is 8.09. The van der Waals surface area contributed by atoms with Crippen molar-refractivity contribution < 1.29 is 14.7 Å². The molecule has 0 bridgehead atoms. The van der Waals surface area contributed by atoms with Crippen LogP contribution in [0.2, 0.25) is 0 Å². The summed E-state index contributed by atoms with van der Waals surface area (Å²) in [4.78, 5) is 25.9. The van der Waals surface area contributed by atoms with Crippen LogP contribution in [0.25, 0.3) is 0 Å². The fourth-order valence-corrected chi connectivity index (χ4v) is 8.09. The number of anilines is 1. The maximum Gasteiger partial charge on any atom is 0.156 e. The molecular weight excluding hydrogens is 434 g/mol. The molecule has 2 fully saturated rings. The van der Waals surface area contributed by atoms with E-state index < -0.39 is 5.41 Å². The highest BCUT2D eigenvalue weighted by Crippen LogP contribution is 2.69. The molecule has 0 saturated heterocycles. The molecule has 0 aliphatic heterocycles. The molecule has 0 unspecified atom stereocenters. The van der Waals surface area contributed by atoms with E-state index in [0.717, 1.165) is 44.2 Å². The highest BCUT2D eigenvalue weighted by molar-refractivity contribution is 5.93. The summed E-state index contributed by atoms with van der Waals surface area (Å²) < 4.78 is 0. The van der Waals surface area contributed by atoms with Crippen molar-refractivity contribution in [1.29, 1.82) is 0 Å². The van der Waals surface area contributed by atoms with Gasteiger partial charge in [0.05, 0.1) is 5.41 Å². The number of rotatable bonds is 4. The molecule has 4 aliphatic rings. The van der Waals surface area contributed by atoms with Gasteiger partial charge in [-0.3, -0.25) is 9.59 Å². The van der Waals surface area contributed by atoms with E-state index in [9.17, 15) is 14.7 Å². The number of carbonyl (C=O) groups excluding carboxylic acids is 2. The van der Waals surface area contributed by atoms with Gasteiger partial charge in [-0.25, -0.2) is 0 Å². The maximum absolute atomic E-state index is 13.6. The number of hydrogen-bond acceptors (Lipinski definition) is 4. The number of benzene rings is 1. The number of carbonyl (C=O) groups is 2. The Morgan fingerprint density at radius 2 is 1.94 bits per heavy atom. The maximum atomic E-state index is 13.6. The van der Waals surface area contributed by atoms with Gasteiger partial charge < -0.3 is 10.4 Å². The van der Waals surface area contributed by atoms with Gasteiger partial charge in [0.15, 0.2) is 11.6 Å². The number of fused-ring (bicyclic) bond motifs is 4. The first-order valence-corrected chi connectivity index (χ1v) is 13.3. The van der Waals surface area contributed by atoms with Crippen molar-refractivity contribution in [3.63, 3.8) is 0 Å². The van der Waals surface area contributed by atoms with E-state index in [0.29, 0.717) is 24.7 Å². The van der Waals surface area contributed by atoms with Crippen LogP contribution in [0.1, 0.15) is 76.7 Å². The predicted octanol–water partition coefficient (Wildman–Crippen LogP) is 5.59. The topological polar surface area (TPSA) is 66.4 Å². The Balaban J connectivity index is 1.70. The Morgan fingerprint density at radius 1 is 1.17 bits per heavy atom. The lowest BCUT2D eigenvalue weighted by molar-refractivity contribution is -0.132. The molecule has 5 rings (SSSR count). The Hall–Kier alpha value is -2.64. The normalized spacial score (nSPS) is 33.7. The summed E-state index contributed by atoms with van der Waals surface area (Å²) in [5, 5.41) is 12.8. The number of Topliss-reactive ketones (excluding diaryl/α,β-unsaturated/α-hetero) is 1. The lowest BCUT2D eigenvalue weighted by Crippen LogP contribution is -2.50. The standard InChI is InChI=1S/C31H37NO3/c1-4-28(35)31(15-5-17-33)16-14-27-25-12-8-21-18-23(34)11-13-24(21)29(25)26(19-30(27,31)2)20-6-9-22(32-3)10-7-20/h6-7,9-10,18,25-27,32-33H,4,8,11-14,16-17,19H2,1-3H3/t25-,26+,27-,30-,31+/m0/s1. The molecule has 0 amide bonds. The van der Waals surface area contributed by atoms with Crippen LogP contribution < -0.4 is 5.32 Å². The van der Waals surface area contributed by atoms with Crippen LogP contribution in [0.15, 0.2) is 47.1 Å². The highest BCUT2D eigenvalue weighted by Gasteiger charge is 2.65. The van der Waals surface area contributed by atoms with Gasteiger partial charge in [-0.1, -0.05) is 43.4 Å². The SMILES string of the molecule is CCC(=O)[C@@]1(C#CCO)CC[C@H]2[C@@H]3CCC4=CC(=O)CCC4=C3[C@@H](c3ccc(NC)cc3)C[C@@]21C. The molecule has 2 N–H and O–H groups in total. The molecule has 4 heteroatoms. The largest absolute Gasteiger partial charge is 0.388 e. The zero-order valence-electron chi connectivity index (χ0n) is 21.2. The van der Waals surface area contributed by atoms with Crippen molar-refractivity contribution in [2.75, 3.05) is 19.0 Å². The second-order valence-corrected chi connectivity index (χ2v) is 11.0. The smallest absolute Gasteiger partial charge is 0.156 e. The molecular formula is C31H37NO3. The number of allylic oxidation sites excluding steroid dienone is 4. The molecule has 1 aromatic carbocycles. The van der Waals surface area contributed by atoms with Gasteiger partial charge in [0.1, 0.15) is 6.61 Å². The molecule has 184 valence electrons. The first-order chi connectivity index (χ1) is 16.9. The molecule has 0 spiro atoms. The summed E-state index contributed by atoms with van der Waals surface area (Å²) in [5.41, 5.74) is 5.62. The Labute approximate surface area is 209 Å². The first kappa shape index (κ1) is 24.1. The third kappa shape index (κ3) is 3.62. The van der Waals surface area contributed by atoms with E-state index >= 15 is 0 Å². The van der Waals surface area contributed by atoms with Crippen molar-refractivity contribution in [1.82, 2.24) is 0 Å². The molecule has 0 heterocycles. The summed E-state index contributed by atoms with van der Waals surface area (Å²) in [6, 6.07) is 8.74. The van der Waals surface area contributed by atoms with Crippen molar-refractivity contribution >= 4 is 17.3 Å². The number of aliphatic hydroxyl groups excluding tert-OH is 1. The van der Waals surface area contributed by atoms with E-state index in [1.807, 2.05) is 20.0 Å². The molecule has 5 atom stereocenters. The number of nitrogens with one attached hydrogen (secondary N) is 1. The lowest BCUT2D eigenvalue weighted by atomic mass is 9.48.